The van der Waals surface area contributed by atoms with Crippen LogP contribution in [0.2, 0.25) is 0 Å². The predicted octanol–water partition coefficient (Wildman–Crippen LogP) is 1.45. The molecule has 0 fully saturated rings. The van der Waals surface area contributed by atoms with E-state index >= 15 is 0 Å². The van der Waals surface area contributed by atoms with E-state index in [0.29, 0.717) is 0 Å². The summed E-state index contributed by atoms with van der Waals surface area (Å²) in [4.78, 5) is 16.1. The van der Waals surface area contributed by atoms with Gasteiger partial charge in [0.15, 0.2) is 6.29 Å². The van der Waals surface area contributed by atoms with Gasteiger partial charge in [-0.1, -0.05) is 0 Å². The van der Waals surface area contributed by atoms with Crippen molar-refractivity contribution in [3.05, 3.63) is 17.3 Å². The first-order chi connectivity index (χ1) is 5.31. The Hall–Kier alpha value is -1.16. The third-order valence-corrected chi connectivity index (χ3v) is 2.51. The predicted molar refractivity (Wildman–Crippen MR) is 44.0 cm³/mol. The summed E-state index contributed by atoms with van der Waals surface area (Å²) >= 11 is 1.42. The zero-order valence-electron chi connectivity index (χ0n) is 5.94. The SMILES string of the molecule is Cn1cnc2sc(C=O)cc21. The number of imidazole rings is 1. The first-order valence-corrected chi connectivity index (χ1v) is 3.99. The van der Waals surface area contributed by atoms with E-state index in [-0.39, 0.29) is 0 Å². The van der Waals surface area contributed by atoms with E-state index in [1.54, 1.807) is 6.33 Å². The summed E-state index contributed by atoms with van der Waals surface area (Å²) in [6.07, 6.45) is 2.60. The van der Waals surface area contributed by atoms with Crippen molar-refractivity contribution in [1.29, 1.82) is 0 Å². The Morgan fingerprint density at radius 2 is 2.55 bits per heavy atom. The standard InChI is InChI=1S/C7H6N2OS/c1-9-4-8-7-6(9)2-5(3-10)11-7/h2-4H,1H3. The summed E-state index contributed by atoms with van der Waals surface area (Å²) in [7, 11) is 1.91. The molecule has 2 heterocycles. The van der Waals surface area contributed by atoms with Crippen molar-refractivity contribution in [2.45, 2.75) is 0 Å². The van der Waals surface area contributed by atoms with Gasteiger partial charge in [-0.2, -0.15) is 0 Å². The third-order valence-electron chi connectivity index (χ3n) is 1.56. The molecule has 2 aromatic heterocycles. The number of thiophene rings is 1. The monoisotopic (exact) mass is 166 g/mol. The Morgan fingerprint density at radius 3 is 3.18 bits per heavy atom. The smallest absolute Gasteiger partial charge is 0.160 e. The average Bonchev–Trinajstić information content (AvgIpc) is 2.53. The molecular weight excluding hydrogens is 160 g/mol. The van der Waals surface area contributed by atoms with Crippen LogP contribution in [0, 0.1) is 0 Å². The number of rotatable bonds is 1. The van der Waals surface area contributed by atoms with Crippen molar-refractivity contribution >= 4 is 28.0 Å². The molecule has 3 nitrogen and oxygen atoms in total. The minimum absolute atomic E-state index is 0.735. The molecule has 11 heavy (non-hydrogen) atoms. The van der Waals surface area contributed by atoms with Crippen LogP contribution in [0.4, 0.5) is 0 Å². The number of nitrogens with zero attached hydrogens (tertiary/aromatic N) is 2. The number of aldehydes is 1. The maximum atomic E-state index is 10.4. The molecule has 2 aromatic rings. The normalized spacial score (nSPS) is 10.6. The molecule has 0 unspecified atom stereocenters. The lowest BCUT2D eigenvalue weighted by Gasteiger charge is -1.84. The zero-order valence-corrected chi connectivity index (χ0v) is 6.76. The number of aryl methyl sites for hydroxylation is 1. The highest BCUT2D eigenvalue weighted by Crippen LogP contribution is 2.21. The molecule has 4 heteroatoms. The van der Waals surface area contributed by atoms with E-state index in [9.17, 15) is 4.79 Å². The van der Waals surface area contributed by atoms with Gasteiger partial charge < -0.3 is 4.57 Å². The highest BCUT2D eigenvalue weighted by atomic mass is 32.1. The van der Waals surface area contributed by atoms with Crippen molar-refractivity contribution in [2.24, 2.45) is 7.05 Å². The molecule has 0 amide bonds. The van der Waals surface area contributed by atoms with Gasteiger partial charge in [0.05, 0.1) is 16.7 Å². The van der Waals surface area contributed by atoms with E-state index in [1.165, 1.54) is 11.3 Å². The van der Waals surface area contributed by atoms with Crippen LogP contribution in [0.15, 0.2) is 12.4 Å². The van der Waals surface area contributed by atoms with Crippen LogP contribution in [-0.4, -0.2) is 15.8 Å². The van der Waals surface area contributed by atoms with Gasteiger partial charge in [-0.15, -0.1) is 11.3 Å². The number of carbonyl (C=O) groups is 1. The second-order valence-corrected chi connectivity index (χ2v) is 3.37. The van der Waals surface area contributed by atoms with E-state index < -0.39 is 0 Å². The summed E-state index contributed by atoms with van der Waals surface area (Å²) < 4.78 is 1.90. The lowest BCUT2D eigenvalue weighted by atomic mass is 10.5. The third kappa shape index (κ3) is 0.867. The summed E-state index contributed by atoms with van der Waals surface area (Å²) in [6.45, 7) is 0. The van der Waals surface area contributed by atoms with E-state index in [2.05, 4.69) is 4.98 Å². The van der Waals surface area contributed by atoms with Crippen LogP contribution < -0.4 is 0 Å². The fourth-order valence-electron chi connectivity index (χ4n) is 0.994. The average molecular weight is 166 g/mol. The second-order valence-electron chi connectivity index (χ2n) is 2.31. The molecular formula is C7H6N2OS. The Bertz CT molecular complexity index is 401. The quantitative estimate of drug-likeness (QED) is 0.601. The number of aromatic nitrogens is 2. The molecule has 0 aliphatic carbocycles. The van der Waals surface area contributed by atoms with Crippen molar-refractivity contribution in [3.63, 3.8) is 0 Å². The Labute approximate surface area is 67.3 Å². The molecule has 0 atom stereocenters. The Kier molecular flexibility index (Phi) is 1.29. The van der Waals surface area contributed by atoms with Gasteiger partial charge in [-0.3, -0.25) is 4.79 Å². The molecule has 0 saturated carbocycles. The molecule has 0 saturated heterocycles. The molecule has 0 radical (unpaired) electrons. The Balaban J connectivity index is 2.79. The van der Waals surface area contributed by atoms with Gasteiger partial charge in [-0.05, 0) is 6.07 Å². The summed E-state index contributed by atoms with van der Waals surface area (Å²) in [5.74, 6) is 0. The maximum Gasteiger partial charge on any atom is 0.160 e. The van der Waals surface area contributed by atoms with Gasteiger partial charge >= 0.3 is 0 Å². The van der Waals surface area contributed by atoms with Crippen molar-refractivity contribution in [3.8, 4) is 0 Å². The van der Waals surface area contributed by atoms with Crippen LogP contribution in [0.25, 0.3) is 10.3 Å². The molecule has 56 valence electrons. The molecule has 0 bridgehead atoms. The minimum atomic E-state index is 0.735. The van der Waals surface area contributed by atoms with Gasteiger partial charge in [0.1, 0.15) is 4.83 Å². The van der Waals surface area contributed by atoms with Gasteiger partial charge in [0.2, 0.25) is 0 Å². The van der Waals surface area contributed by atoms with Gasteiger partial charge in [-0.25, -0.2) is 4.98 Å². The fourth-order valence-corrected chi connectivity index (χ4v) is 1.84. The van der Waals surface area contributed by atoms with Crippen molar-refractivity contribution in [1.82, 2.24) is 9.55 Å². The van der Waals surface area contributed by atoms with Crippen LogP contribution in [-0.2, 0) is 7.05 Å². The number of hydrogen-bond acceptors (Lipinski definition) is 3. The summed E-state index contributed by atoms with van der Waals surface area (Å²) in [5.41, 5.74) is 1.03. The maximum absolute atomic E-state index is 10.4. The zero-order chi connectivity index (χ0) is 7.84. The van der Waals surface area contributed by atoms with Crippen LogP contribution in [0.3, 0.4) is 0 Å². The molecule has 0 aliphatic heterocycles. The molecule has 2 rings (SSSR count). The lowest BCUT2D eigenvalue weighted by Crippen LogP contribution is -1.81. The molecule has 0 aromatic carbocycles. The van der Waals surface area contributed by atoms with Crippen molar-refractivity contribution < 1.29 is 4.79 Å². The summed E-state index contributed by atoms with van der Waals surface area (Å²) in [5, 5.41) is 0. The highest BCUT2D eigenvalue weighted by molar-refractivity contribution is 7.20. The van der Waals surface area contributed by atoms with Crippen molar-refractivity contribution in [2.75, 3.05) is 0 Å². The van der Waals surface area contributed by atoms with Crippen LogP contribution in [0.1, 0.15) is 9.67 Å². The second kappa shape index (κ2) is 2.17. The van der Waals surface area contributed by atoms with E-state index in [1.807, 2.05) is 17.7 Å². The first-order valence-electron chi connectivity index (χ1n) is 3.17. The number of hydrogen-bond donors (Lipinski definition) is 0. The minimum Gasteiger partial charge on any atom is -0.333 e. The largest absolute Gasteiger partial charge is 0.333 e. The fraction of sp³-hybridized carbons (Fsp3) is 0.143. The van der Waals surface area contributed by atoms with Crippen LogP contribution in [0.5, 0.6) is 0 Å². The molecule has 0 spiro atoms. The van der Waals surface area contributed by atoms with Crippen LogP contribution >= 0.6 is 11.3 Å². The van der Waals surface area contributed by atoms with Gasteiger partial charge in [0, 0.05) is 7.05 Å². The van der Waals surface area contributed by atoms with Gasteiger partial charge in [0.25, 0.3) is 0 Å². The topological polar surface area (TPSA) is 34.9 Å². The molecule has 0 aliphatic rings. The summed E-state index contributed by atoms with van der Waals surface area (Å²) in [6, 6.07) is 1.85. The number of fused-ring (bicyclic) bond motifs is 1. The first kappa shape index (κ1) is 6.54. The number of carbonyl (C=O) groups excluding carboxylic acids is 1. The van der Waals surface area contributed by atoms with E-state index in [4.69, 9.17) is 0 Å². The lowest BCUT2D eigenvalue weighted by molar-refractivity contribution is 0.112. The highest BCUT2D eigenvalue weighted by Gasteiger charge is 2.03. The van der Waals surface area contributed by atoms with E-state index in [0.717, 1.165) is 21.5 Å². The Morgan fingerprint density at radius 1 is 1.73 bits per heavy atom. The molecule has 0 N–H and O–H groups in total.